The number of carbonyl (C=O) groups excluding carboxylic acids is 1. The van der Waals surface area contributed by atoms with Crippen LogP contribution in [0.25, 0.3) is 0 Å². The summed E-state index contributed by atoms with van der Waals surface area (Å²) >= 11 is 0. The van der Waals surface area contributed by atoms with Crippen LogP contribution in [0.4, 0.5) is 0 Å². The molecule has 0 aliphatic carbocycles. The minimum atomic E-state index is -0.361. The lowest BCUT2D eigenvalue weighted by atomic mass is 10.0. The van der Waals surface area contributed by atoms with Crippen molar-refractivity contribution in [3.63, 3.8) is 0 Å². The molecule has 0 bridgehead atoms. The van der Waals surface area contributed by atoms with Crippen molar-refractivity contribution in [3.8, 4) is 6.07 Å². The third kappa shape index (κ3) is 2.43. The summed E-state index contributed by atoms with van der Waals surface area (Å²) in [5.41, 5.74) is 0. The number of carbonyl (C=O) groups is 1. The summed E-state index contributed by atoms with van der Waals surface area (Å²) < 4.78 is 0. The van der Waals surface area contributed by atoms with E-state index in [4.69, 9.17) is 5.26 Å². The number of hydrogen-bond acceptors (Lipinski definition) is 3. The van der Waals surface area contributed by atoms with Crippen molar-refractivity contribution < 1.29 is 9.90 Å². The van der Waals surface area contributed by atoms with Crippen LogP contribution in [0, 0.1) is 17.2 Å². The van der Waals surface area contributed by atoms with Crippen LogP contribution in [0.2, 0.25) is 0 Å². The molecule has 1 heterocycles. The number of nitriles is 1. The lowest BCUT2D eigenvalue weighted by Gasteiger charge is -2.16. The molecule has 2 unspecified atom stereocenters. The van der Waals surface area contributed by atoms with Gasteiger partial charge in [0, 0.05) is 19.0 Å². The van der Waals surface area contributed by atoms with E-state index in [0.29, 0.717) is 13.1 Å². The van der Waals surface area contributed by atoms with E-state index >= 15 is 0 Å². The van der Waals surface area contributed by atoms with E-state index in [-0.39, 0.29) is 24.3 Å². The second kappa shape index (κ2) is 4.24. The van der Waals surface area contributed by atoms with Crippen LogP contribution in [-0.4, -0.2) is 35.1 Å². The molecule has 1 saturated heterocycles. The highest BCUT2D eigenvalue weighted by atomic mass is 16.3. The van der Waals surface area contributed by atoms with E-state index in [1.807, 2.05) is 6.07 Å². The van der Waals surface area contributed by atoms with E-state index < -0.39 is 0 Å². The molecule has 4 heteroatoms. The first kappa shape index (κ1) is 10.0. The Bertz CT molecular complexity index is 232. The van der Waals surface area contributed by atoms with E-state index in [2.05, 4.69) is 0 Å². The maximum absolute atomic E-state index is 11.2. The van der Waals surface area contributed by atoms with Gasteiger partial charge in [0.05, 0.1) is 12.2 Å². The Kier molecular flexibility index (Phi) is 3.26. The first-order valence-electron chi connectivity index (χ1n) is 4.48. The molecule has 0 saturated carbocycles. The van der Waals surface area contributed by atoms with Gasteiger partial charge in [0.2, 0.25) is 5.91 Å². The predicted molar refractivity (Wildman–Crippen MR) is 46.6 cm³/mol. The van der Waals surface area contributed by atoms with Gasteiger partial charge in [0.15, 0.2) is 0 Å². The molecule has 0 spiro atoms. The predicted octanol–water partition coefficient (Wildman–Crippen LogP) is 0.129. The van der Waals surface area contributed by atoms with Crippen LogP contribution < -0.4 is 0 Å². The number of hydrogen-bond donors (Lipinski definition) is 1. The molecule has 1 fully saturated rings. The molecule has 0 radical (unpaired) electrons. The first-order valence-corrected chi connectivity index (χ1v) is 4.48. The molecule has 72 valence electrons. The van der Waals surface area contributed by atoms with Gasteiger partial charge >= 0.3 is 0 Å². The molecular weight excluding hydrogens is 168 g/mol. The first-order chi connectivity index (χ1) is 6.15. The normalized spacial score (nSPS) is 24.1. The Labute approximate surface area is 77.8 Å². The van der Waals surface area contributed by atoms with Crippen molar-refractivity contribution in [2.75, 3.05) is 13.1 Å². The number of rotatable bonds is 2. The average molecular weight is 182 g/mol. The largest absolute Gasteiger partial charge is 0.393 e. The summed E-state index contributed by atoms with van der Waals surface area (Å²) in [6.45, 7) is 3.01. The molecule has 0 aromatic rings. The van der Waals surface area contributed by atoms with Gasteiger partial charge in [0.1, 0.15) is 6.42 Å². The van der Waals surface area contributed by atoms with Gasteiger partial charge in [-0.2, -0.15) is 5.26 Å². The van der Waals surface area contributed by atoms with E-state index in [1.54, 1.807) is 11.8 Å². The highest BCUT2D eigenvalue weighted by molar-refractivity contribution is 5.78. The minimum absolute atomic E-state index is 0.0491. The summed E-state index contributed by atoms with van der Waals surface area (Å²) in [5.74, 6) is 0.0632. The molecule has 1 aliphatic rings. The van der Waals surface area contributed by atoms with Crippen LogP contribution >= 0.6 is 0 Å². The van der Waals surface area contributed by atoms with Crippen molar-refractivity contribution in [2.45, 2.75) is 25.9 Å². The molecule has 1 amide bonds. The molecule has 1 rings (SSSR count). The van der Waals surface area contributed by atoms with E-state index in [0.717, 1.165) is 6.42 Å². The summed E-state index contributed by atoms with van der Waals surface area (Å²) in [4.78, 5) is 12.9. The number of likely N-dealkylation sites (tertiary alicyclic amines) is 1. The van der Waals surface area contributed by atoms with Gasteiger partial charge < -0.3 is 10.0 Å². The topological polar surface area (TPSA) is 64.3 Å². The third-order valence-corrected chi connectivity index (χ3v) is 2.49. The fourth-order valence-corrected chi connectivity index (χ4v) is 1.59. The number of aliphatic hydroxyl groups is 1. The van der Waals surface area contributed by atoms with Crippen molar-refractivity contribution in [1.82, 2.24) is 4.90 Å². The monoisotopic (exact) mass is 182 g/mol. The Balaban J connectivity index is 2.41. The van der Waals surface area contributed by atoms with Crippen molar-refractivity contribution in [3.05, 3.63) is 0 Å². The van der Waals surface area contributed by atoms with E-state index in [9.17, 15) is 9.90 Å². The summed E-state index contributed by atoms with van der Waals surface area (Å²) in [6, 6.07) is 1.83. The second-order valence-corrected chi connectivity index (χ2v) is 3.46. The fraction of sp³-hybridized carbons (Fsp3) is 0.778. The quantitative estimate of drug-likeness (QED) is 0.660. The zero-order chi connectivity index (χ0) is 9.84. The minimum Gasteiger partial charge on any atom is -0.393 e. The number of aliphatic hydroxyl groups excluding tert-OH is 1. The Hall–Kier alpha value is -1.08. The van der Waals surface area contributed by atoms with Crippen molar-refractivity contribution in [2.24, 2.45) is 5.92 Å². The Morgan fingerprint density at radius 3 is 3.00 bits per heavy atom. The SMILES string of the molecule is CC(O)C1CCN(C(=O)CC#N)C1. The number of nitrogens with zero attached hydrogens (tertiary/aromatic N) is 2. The van der Waals surface area contributed by atoms with Gasteiger partial charge in [-0.05, 0) is 13.3 Å². The molecular formula is C9H14N2O2. The molecule has 0 aromatic carbocycles. The Morgan fingerprint density at radius 2 is 2.54 bits per heavy atom. The summed E-state index contributed by atoms with van der Waals surface area (Å²) in [5, 5.41) is 17.6. The zero-order valence-corrected chi connectivity index (χ0v) is 7.73. The van der Waals surface area contributed by atoms with Crippen LogP contribution in [0.5, 0.6) is 0 Å². The molecule has 1 aliphatic heterocycles. The van der Waals surface area contributed by atoms with E-state index in [1.165, 1.54) is 0 Å². The Morgan fingerprint density at radius 1 is 1.85 bits per heavy atom. The van der Waals surface area contributed by atoms with Gasteiger partial charge in [-0.15, -0.1) is 0 Å². The van der Waals surface area contributed by atoms with Crippen LogP contribution in [0.3, 0.4) is 0 Å². The molecule has 0 aromatic heterocycles. The maximum atomic E-state index is 11.2. The highest BCUT2D eigenvalue weighted by Crippen LogP contribution is 2.19. The van der Waals surface area contributed by atoms with Gasteiger partial charge in [-0.1, -0.05) is 0 Å². The van der Waals surface area contributed by atoms with Crippen LogP contribution in [-0.2, 0) is 4.79 Å². The summed E-state index contributed by atoms with van der Waals surface area (Å²) in [7, 11) is 0. The molecule has 4 nitrogen and oxygen atoms in total. The number of amides is 1. The summed E-state index contributed by atoms with van der Waals surface area (Å²) in [6.07, 6.45) is 0.432. The van der Waals surface area contributed by atoms with Gasteiger partial charge in [-0.25, -0.2) is 0 Å². The third-order valence-electron chi connectivity index (χ3n) is 2.49. The van der Waals surface area contributed by atoms with Crippen molar-refractivity contribution >= 4 is 5.91 Å². The molecule has 13 heavy (non-hydrogen) atoms. The maximum Gasteiger partial charge on any atom is 0.236 e. The zero-order valence-electron chi connectivity index (χ0n) is 7.73. The average Bonchev–Trinajstić information content (AvgIpc) is 2.52. The van der Waals surface area contributed by atoms with Crippen LogP contribution in [0.1, 0.15) is 19.8 Å². The standard InChI is InChI=1S/C9H14N2O2/c1-7(12)8-3-5-11(6-8)9(13)2-4-10/h7-8,12H,2-3,5-6H2,1H3. The smallest absolute Gasteiger partial charge is 0.236 e. The fourth-order valence-electron chi connectivity index (χ4n) is 1.59. The second-order valence-electron chi connectivity index (χ2n) is 3.46. The molecule has 1 N–H and O–H groups in total. The highest BCUT2D eigenvalue weighted by Gasteiger charge is 2.28. The lowest BCUT2D eigenvalue weighted by molar-refractivity contribution is -0.129. The van der Waals surface area contributed by atoms with Gasteiger partial charge in [-0.3, -0.25) is 4.79 Å². The van der Waals surface area contributed by atoms with Crippen LogP contribution in [0.15, 0.2) is 0 Å². The van der Waals surface area contributed by atoms with Gasteiger partial charge in [0.25, 0.3) is 0 Å². The van der Waals surface area contributed by atoms with Crippen molar-refractivity contribution in [1.29, 1.82) is 5.26 Å². The molecule has 2 atom stereocenters. The lowest BCUT2D eigenvalue weighted by Crippen LogP contribution is -2.29.